The zero-order valence-corrected chi connectivity index (χ0v) is 16.9. The number of aryl methyl sites for hydroxylation is 1. The second-order valence-corrected chi connectivity index (χ2v) is 6.40. The van der Waals surface area contributed by atoms with Gasteiger partial charge in [0.25, 0.3) is 11.8 Å². The van der Waals surface area contributed by atoms with E-state index in [1.165, 1.54) is 12.0 Å². The monoisotopic (exact) mass is 400 g/mol. The molecule has 29 heavy (non-hydrogen) atoms. The van der Waals surface area contributed by atoms with Gasteiger partial charge in [-0.25, -0.2) is 4.79 Å². The van der Waals surface area contributed by atoms with Gasteiger partial charge >= 0.3 is 5.97 Å². The van der Waals surface area contributed by atoms with Crippen LogP contribution in [0.4, 0.5) is 5.69 Å². The first-order valence-electron chi connectivity index (χ1n) is 8.84. The summed E-state index contributed by atoms with van der Waals surface area (Å²) >= 11 is 0. The second kappa shape index (κ2) is 10.1. The van der Waals surface area contributed by atoms with Crippen molar-refractivity contribution in [1.29, 1.82) is 0 Å². The lowest BCUT2D eigenvalue weighted by molar-refractivity contribution is -0.142. The number of methoxy groups -OCH3 is 1. The Balaban J connectivity index is 2.01. The van der Waals surface area contributed by atoms with Gasteiger partial charge in [-0.1, -0.05) is 6.07 Å². The standard InChI is InChI=1S/C21H24N2O6/c1-14-10-17(29-13-20(25)27-4)8-9-18(14)22-21(26)15-6-5-7-16(11-15)28-12-19(24)23(2)3/h5-11H,12-13H2,1-4H3,(H,22,26). The highest BCUT2D eigenvalue weighted by molar-refractivity contribution is 6.04. The summed E-state index contributed by atoms with van der Waals surface area (Å²) in [7, 11) is 4.57. The molecule has 0 unspecified atom stereocenters. The molecule has 2 aromatic rings. The Kier molecular flexibility index (Phi) is 7.59. The Morgan fingerprint density at radius 2 is 1.66 bits per heavy atom. The minimum absolute atomic E-state index is 0.107. The summed E-state index contributed by atoms with van der Waals surface area (Å²) in [6.45, 7) is 1.52. The van der Waals surface area contributed by atoms with E-state index < -0.39 is 5.97 Å². The summed E-state index contributed by atoms with van der Waals surface area (Å²) in [4.78, 5) is 36.8. The first kappa shape index (κ1) is 21.7. The van der Waals surface area contributed by atoms with Crippen molar-refractivity contribution in [2.45, 2.75) is 6.92 Å². The molecule has 0 aliphatic rings. The van der Waals surface area contributed by atoms with Gasteiger partial charge in [-0.05, 0) is 48.9 Å². The summed E-state index contributed by atoms with van der Waals surface area (Å²) in [5.74, 6) is -0.0527. The predicted molar refractivity (Wildman–Crippen MR) is 107 cm³/mol. The first-order valence-corrected chi connectivity index (χ1v) is 8.84. The maximum atomic E-state index is 12.6. The Bertz CT molecular complexity index is 894. The highest BCUT2D eigenvalue weighted by atomic mass is 16.6. The Morgan fingerprint density at radius 1 is 0.966 bits per heavy atom. The maximum Gasteiger partial charge on any atom is 0.343 e. The highest BCUT2D eigenvalue weighted by Gasteiger charge is 2.11. The molecule has 0 saturated carbocycles. The van der Waals surface area contributed by atoms with E-state index in [2.05, 4.69) is 10.1 Å². The van der Waals surface area contributed by atoms with Crippen LogP contribution in [0.2, 0.25) is 0 Å². The average Bonchev–Trinajstić information content (AvgIpc) is 2.71. The van der Waals surface area contributed by atoms with Crippen molar-refractivity contribution < 1.29 is 28.6 Å². The summed E-state index contributed by atoms with van der Waals surface area (Å²) in [5, 5.41) is 2.82. The number of ether oxygens (including phenoxy) is 3. The number of hydrogen-bond acceptors (Lipinski definition) is 6. The zero-order chi connectivity index (χ0) is 21.4. The largest absolute Gasteiger partial charge is 0.484 e. The number of carbonyl (C=O) groups is 3. The van der Waals surface area contributed by atoms with Gasteiger partial charge in [-0.3, -0.25) is 9.59 Å². The Hall–Kier alpha value is -3.55. The quantitative estimate of drug-likeness (QED) is 0.683. The number of nitrogens with zero attached hydrogens (tertiary/aromatic N) is 1. The van der Waals surface area contributed by atoms with E-state index in [-0.39, 0.29) is 25.0 Å². The van der Waals surface area contributed by atoms with Crippen molar-refractivity contribution in [2.24, 2.45) is 0 Å². The molecule has 154 valence electrons. The van der Waals surface area contributed by atoms with Crippen molar-refractivity contribution in [1.82, 2.24) is 4.90 Å². The molecule has 0 saturated heterocycles. The van der Waals surface area contributed by atoms with Gasteiger partial charge in [0.1, 0.15) is 11.5 Å². The number of esters is 1. The summed E-state index contributed by atoms with van der Waals surface area (Å²) in [5.41, 5.74) is 1.77. The van der Waals surface area contributed by atoms with Crippen molar-refractivity contribution in [3.05, 3.63) is 53.6 Å². The molecule has 0 bridgehead atoms. The van der Waals surface area contributed by atoms with Crippen LogP contribution in [0.15, 0.2) is 42.5 Å². The van der Waals surface area contributed by atoms with E-state index in [4.69, 9.17) is 9.47 Å². The third-order valence-corrected chi connectivity index (χ3v) is 3.99. The minimum atomic E-state index is -0.477. The molecular weight excluding hydrogens is 376 g/mol. The van der Waals surface area contributed by atoms with Gasteiger partial charge in [0, 0.05) is 25.3 Å². The lowest BCUT2D eigenvalue weighted by Crippen LogP contribution is -2.27. The molecule has 0 aromatic heterocycles. The number of anilines is 1. The van der Waals surface area contributed by atoms with Gasteiger partial charge in [-0.15, -0.1) is 0 Å². The fraction of sp³-hybridized carbons (Fsp3) is 0.286. The summed E-state index contributed by atoms with van der Waals surface area (Å²) < 4.78 is 15.3. The van der Waals surface area contributed by atoms with Crippen molar-refractivity contribution in [2.75, 3.05) is 39.7 Å². The van der Waals surface area contributed by atoms with E-state index in [0.717, 1.165) is 5.56 Å². The fourth-order valence-electron chi connectivity index (χ4n) is 2.26. The van der Waals surface area contributed by atoms with Gasteiger partial charge in [-0.2, -0.15) is 0 Å². The number of benzene rings is 2. The van der Waals surface area contributed by atoms with Crippen LogP contribution in [-0.4, -0.2) is 57.1 Å². The molecule has 8 nitrogen and oxygen atoms in total. The molecule has 2 amide bonds. The lowest BCUT2D eigenvalue weighted by Gasteiger charge is -2.13. The number of carbonyl (C=O) groups excluding carboxylic acids is 3. The SMILES string of the molecule is COC(=O)COc1ccc(NC(=O)c2cccc(OCC(=O)N(C)C)c2)c(C)c1. The van der Waals surface area contributed by atoms with Crippen LogP contribution < -0.4 is 14.8 Å². The van der Waals surface area contributed by atoms with Crippen LogP contribution in [0.5, 0.6) is 11.5 Å². The molecule has 1 N–H and O–H groups in total. The molecule has 0 aliphatic heterocycles. The zero-order valence-electron chi connectivity index (χ0n) is 16.9. The average molecular weight is 400 g/mol. The molecule has 0 fully saturated rings. The summed E-state index contributed by atoms with van der Waals surface area (Å²) in [6, 6.07) is 11.6. The molecule has 2 aromatic carbocycles. The normalized spacial score (nSPS) is 10.1. The van der Waals surface area contributed by atoms with E-state index in [1.54, 1.807) is 56.6 Å². The van der Waals surface area contributed by atoms with Gasteiger partial charge in [0.05, 0.1) is 7.11 Å². The van der Waals surface area contributed by atoms with Gasteiger partial charge < -0.3 is 24.4 Å². The molecule has 0 atom stereocenters. The molecule has 0 heterocycles. The minimum Gasteiger partial charge on any atom is -0.484 e. The molecule has 0 spiro atoms. The fourth-order valence-corrected chi connectivity index (χ4v) is 2.26. The van der Waals surface area contributed by atoms with Crippen molar-refractivity contribution in [3.8, 4) is 11.5 Å². The van der Waals surface area contributed by atoms with E-state index >= 15 is 0 Å². The molecular formula is C21H24N2O6. The number of hydrogen-bond donors (Lipinski definition) is 1. The second-order valence-electron chi connectivity index (χ2n) is 6.40. The predicted octanol–water partition coefficient (Wildman–Crippen LogP) is 2.27. The van der Waals surface area contributed by atoms with Crippen molar-refractivity contribution in [3.63, 3.8) is 0 Å². The van der Waals surface area contributed by atoms with E-state index in [0.29, 0.717) is 22.7 Å². The van der Waals surface area contributed by atoms with Gasteiger partial charge in [0.2, 0.25) is 0 Å². The van der Waals surface area contributed by atoms with Gasteiger partial charge in [0.15, 0.2) is 13.2 Å². The van der Waals surface area contributed by atoms with Crippen LogP contribution in [0.3, 0.4) is 0 Å². The lowest BCUT2D eigenvalue weighted by atomic mass is 10.1. The Labute approximate surface area is 169 Å². The molecule has 8 heteroatoms. The number of nitrogens with one attached hydrogen (secondary N) is 1. The third-order valence-electron chi connectivity index (χ3n) is 3.99. The number of likely N-dealkylation sites (N-methyl/N-ethyl adjacent to an activating group) is 1. The van der Waals surface area contributed by atoms with Crippen LogP contribution in [0.1, 0.15) is 15.9 Å². The number of rotatable bonds is 8. The van der Waals surface area contributed by atoms with Crippen LogP contribution >= 0.6 is 0 Å². The smallest absolute Gasteiger partial charge is 0.343 e. The topological polar surface area (TPSA) is 94.2 Å². The van der Waals surface area contributed by atoms with Crippen LogP contribution in [0, 0.1) is 6.92 Å². The first-order chi connectivity index (χ1) is 13.8. The highest BCUT2D eigenvalue weighted by Crippen LogP contribution is 2.23. The Morgan fingerprint density at radius 3 is 2.31 bits per heavy atom. The molecule has 2 rings (SSSR count). The van der Waals surface area contributed by atoms with Crippen LogP contribution in [-0.2, 0) is 14.3 Å². The van der Waals surface area contributed by atoms with Crippen LogP contribution in [0.25, 0.3) is 0 Å². The molecule has 0 aliphatic carbocycles. The van der Waals surface area contributed by atoms with E-state index in [1.807, 2.05) is 6.92 Å². The van der Waals surface area contributed by atoms with E-state index in [9.17, 15) is 14.4 Å². The third kappa shape index (κ3) is 6.53. The number of amides is 2. The maximum absolute atomic E-state index is 12.6. The summed E-state index contributed by atoms with van der Waals surface area (Å²) in [6.07, 6.45) is 0. The molecule has 0 radical (unpaired) electrons. The van der Waals surface area contributed by atoms with Crippen molar-refractivity contribution >= 4 is 23.5 Å².